The van der Waals surface area contributed by atoms with Crippen molar-refractivity contribution >= 4 is 17.5 Å². The van der Waals surface area contributed by atoms with Crippen molar-refractivity contribution in [3.8, 4) is 0 Å². The molecule has 0 aromatic heterocycles. The third-order valence-electron chi connectivity index (χ3n) is 7.69. The molecule has 0 aliphatic heterocycles. The molecule has 0 fully saturated rings. The molecule has 4 unspecified atom stereocenters. The second-order valence-corrected chi connectivity index (χ2v) is 11.2. The van der Waals surface area contributed by atoms with Crippen molar-refractivity contribution in [2.75, 3.05) is 0 Å². The average Bonchev–Trinajstić information content (AvgIpc) is 2.80. The molecule has 0 N–H and O–H groups in total. The van der Waals surface area contributed by atoms with Crippen molar-refractivity contribution < 1.29 is 19.1 Å². The number of ketones is 2. The van der Waals surface area contributed by atoms with Gasteiger partial charge in [0.25, 0.3) is 0 Å². The van der Waals surface area contributed by atoms with Crippen LogP contribution in [0.5, 0.6) is 0 Å². The summed E-state index contributed by atoms with van der Waals surface area (Å²) in [7, 11) is 0. The van der Waals surface area contributed by atoms with E-state index in [4.69, 9.17) is 4.74 Å². The standard InChI is InChI=1S/C30H48O4/c1-9-23(5)29(33)30(7,8)24(6)19-22(4)15-17-27(31)26(21(2)3)16-18-28(32)34-20-25-13-11-10-12-14-25/h10-14,21-24,26H,9,15-20H2,1-8H3. The topological polar surface area (TPSA) is 60.4 Å². The Labute approximate surface area is 208 Å². The molecule has 4 atom stereocenters. The van der Waals surface area contributed by atoms with Gasteiger partial charge in [-0.3, -0.25) is 14.4 Å². The van der Waals surface area contributed by atoms with E-state index in [0.717, 1.165) is 24.8 Å². The van der Waals surface area contributed by atoms with Crippen LogP contribution in [0.2, 0.25) is 0 Å². The number of Topliss-reactive ketones (excluding diaryl/α,β-unsaturated/α-hetero) is 2. The molecule has 192 valence electrons. The molecule has 0 amide bonds. The van der Waals surface area contributed by atoms with Gasteiger partial charge in [0.15, 0.2) is 0 Å². The number of hydrogen-bond donors (Lipinski definition) is 0. The minimum Gasteiger partial charge on any atom is -0.461 e. The second kappa shape index (κ2) is 14.4. The van der Waals surface area contributed by atoms with Gasteiger partial charge < -0.3 is 4.74 Å². The van der Waals surface area contributed by atoms with Crippen molar-refractivity contribution in [2.24, 2.45) is 35.0 Å². The molecule has 0 aliphatic carbocycles. The van der Waals surface area contributed by atoms with Gasteiger partial charge in [-0.1, -0.05) is 85.7 Å². The van der Waals surface area contributed by atoms with Gasteiger partial charge in [-0.25, -0.2) is 0 Å². The predicted molar refractivity (Wildman–Crippen MR) is 139 cm³/mol. The zero-order chi connectivity index (χ0) is 25.9. The predicted octanol–water partition coefficient (Wildman–Crippen LogP) is 7.44. The van der Waals surface area contributed by atoms with E-state index < -0.39 is 0 Å². The molecule has 0 saturated heterocycles. The van der Waals surface area contributed by atoms with E-state index in [9.17, 15) is 14.4 Å². The van der Waals surface area contributed by atoms with E-state index in [1.807, 2.05) is 51.1 Å². The maximum atomic E-state index is 13.0. The summed E-state index contributed by atoms with van der Waals surface area (Å²) < 4.78 is 5.38. The van der Waals surface area contributed by atoms with Crippen LogP contribution in [-0.2, 0) is 25.7 Å². The molecule has 0 aliphatic rings. The number of carbonyl (C=O) groups excluding carboxylic acids is 3. The summed E-state index contributed by atoms with van der Waals surface area (Å²) in [4.78, 5) is 38.0. The van der Waals surface area contributed by atoms with Gasteiger partial charge in [0.2, 0.25) is 0 Å². The first-order chi connectivity index (χ1) is 15.9. The molecule has 1 aromatic rings. The fraction of sp³-hybridized carbons (Fsp3) is 0.700. The van der Waals surface area contributed by atoms with Crippen LogP contribution in [0.3, 0.4) is 0 Å². The van der Waals surface area contributed by atoms with E-state index in [-0.39, 0.29) is 53.9 Å². The summed E-state index contributed by atoms with van der Waals surface area (Å²) >= 11 is 0. The Balaban J connectivity index is 2.51. The Bertz CT molecular complexity index is 765. The lowest BCUT2D eigenvalue weighted by Gasteiger charge is -2.34. The van der Waals surface area contributed by atoms with Crippen molar-refractivity contribution in [3.05, 3.63) is 35.9 Å². The zero-order valence-electron chi connectivity index (χ0n) is 22.9. The third kappa shape index (κ3) is 9.72. The molecule has 1 rings (SSSR count). The fourth-order valence-electron chi connectivity index (χ4n) is 4.60. The van der Waals surface area contributed by atoms with Crippen LogP contribution >= 0.6 is 0 Å². The Hall–Kier alpha value is -1.97. The number of carbonyl (C=O) groups is 3. The first-order valence-electron chi connectivity index (χ1n) is 13.2. The van der Waals surface area contributed by atoms with E-state index in [2.05, 4.69) is 34.6 Å². The quantitative estimate of drug-likeness (QED) is 0.235. The maximum Gasteiger partial charge on any atom is 0.306 e. The number of rotatable bonds is 16. The van der Waals surface area contributed by atoms with Crippen LogP contribution < -0.4 is 0 Å². The summed E-state index contributed by atoms with van der Waals surface area (Å²) in [5, 5.41) is 0. The largest absolute Gasteiger partial charge is 0.461 e. The summed E-state index contributed by atoms with van der Waals surface area (Å²) in [6.07, 6.45) is 3.94. The number of benzene rings is 1. The summed E-state index contributed by atoms with van der Waals surface area (Å²) in [5.41, 5.74) is 0.610. The fourth-order valence-corrected chi connectivity index (χ4v) is 4.60. The van der Waals surface area contributed by atoms with E-state index in [1.165, 1.54) is 0 Å². The highest BCUT2D eigenvalue weighted by Gasteiger charge is 2.36. The lowest BCUT2D eigenvalue weighted by Crippen LogP contribution is -2.36. The Morgan fingerprint density at radius 3 is 2.09 bits per heavy atom. The Morgan fingerprint density at radius 1 is 0.912 bits per heavy atom. The number of hydrogen-bond acceptors (Lipinski definition) is 4. The average molecular weight is 473 g/mol. The number of ether oxygens (including phenoxy) is 1. The Morgan fingerprint density at radius 2 is 1.53 bits per heavy atom. The van der Waals surface area contributed by atoms with Crippen LogP contribution in [0.1, 0.15) is 99.5 Å². The van der Waals surface area contributed by atoms with Gasteiger partial charge in [-0.05, 0) is 49.0 Å². The van der Waals surface area contributed by atoms with Crippen molar-refractivity contribution in [1.82, 2.24) is 0 Å². The van der Waals surface area contributed by atoms with Gasteiger partial charge in [0, 0.05) is 30.1 Å². The van der Waals surface area contributed by atoms with E-state index in [1.54, 1.807) is 0 Å². The normalized spacial score (nSPS) is 15.4. The molecule has 0 spiro atoms. The highest BCUT2D eigenvalue weighted by molar-refractivity contribution is 5.86. The third-order valence-corrected chi connectivity index (χ3v) is 7.69. The highest BCUT2D eigenvalue weighted by atomic mass is 16.5. The van der Waals surface area contributed by atoms with Gasteiger partial charge in [-0.15, -0.1) is 0 Å². The van der Waals surface area contributed by atoms with Crippen molar-refractivity contribution in [3.63, 3.8) is 0 Å². The molecular weight excluding hydrogens is 424 g/mol. The highest BCUT2D eigenvalue weighted by Crippen LogP contribution is 2.36. The summed E-state index contributed by atoms with van der Waals surface area (Å²) in [6, 6.07) is 9.62. The molecule has 0 heterocycles. The van der Waals surface area contributed by atoms with Crippen LogP contribution in [-0.4, -0.2) is 17.5 Å². The monoisotopic (exact) mass is 472 g/mol. The van der Waals surface area contributed by atoms with Gasteiger partial charge in [0.1, 0.15) is 18.2 Å². The smallest absolute Gasteiger partial charge is 0.306 e. The Kier molecular flexibility index (Phi) is 12.8. The van der Waals surface area contributed by atoms with Crippen molar-refractivity contribution in [2.45, 2.75) is 101 Å². The van der Waals surface area contributed by atoms with Gasteiger partial charge in [0.05, 0.1) is 0 Å². The lowest BCUT2D eigenvalue weighted by molar-refractivity contribution is -0.145. The first-order valence-corrected chi connectivity index (χ1v) is 13.2. The van der Waals surface area contributed by atoms with Crippen LogP contribution in [0, 0.1) is 35.0 Å². The molecule has 0 saturated carbocycles. The lowest BCUT2D eigenvalue weighted by atomic mass is 9.69. The summed E-state index contributed by atoms with van der Waals surface area (Å²) in [5.74, 6) is 1.10. The minimum absolute atomic E-state index is 0.0838. The molecular formula is C30H48O4. The molecule has 1 aromatic carbocycles. The van der Waals surface area contributed by atoms with Gasteiger partial charge in [-0.2, -0.15) is 0 Å². The molecule has 4 nitrogen and oxygen atoms in total. The molecule has 0 bridgehead atoms. The second-order valence-electron chi connectivity index (χ2n) is 11.2. The van der Waals surface area contributed by atoms with Crippen LogP contribution in [0.4, 0.5) is 0 Å². The summed E-state index contributed by atoms with van der Waals surface area (Å²) in [6.45, 7) is 16.9. The van der Waals surface area contributed by atoms with Crippen molar-refractivity contribution in [1.29, 1.82) is 0 Å². The van der Waals surface area contributed by atoms with Crippen LogP contribution in [0.15, 0.2) is 30.3 Å². The van der Waals surface area contributed by atoms with E-state index >= 15 is 0 Å². The zero-order valence-corrected chi connectivity index (χ0v) is 22.9. The first kappa shape index (κ1) is 30.1. The number of esters is 1. The van der Waals surface area contributed by atoms with Gasteiger partial charge >= 0.3 is 5.97 Å². The van der Waals surface area contributed by atoms with Crippen LogP contribution in [0.25, 0.3) is 0 Å². The maximum absolute atomic E-state index is 13.0. The van der Waals surface area contributed by atoms with E-state index in [0.29, 0.717) is 24.5 Å². The minimum atomic E-state index is -0.353. The SMILES string of the molecule is CCC(C)C(=O)C(C)(C)C(C)CC(C)CCC(=O)C(CCC(=O)OCc1ccccc1)C(C)C. The molecule has 4 heteroatoms. The molecule has 34 heavy (non-hydrogen) atoms. The molecule has 0 radical (unpaired) electrons.